The van der Waals surface area contributed by atoms with Crippen molar-refractivity contribution < 1.29 is 9.53 Å². The summed E-state index contributed by atoms with van der Waals surface area (Å²) >= 11 is 6.30. The average molecular weight is 340 g/mol. The van der Waals surface area contributed by atoms with Crippen molar-refractivity contribution in [2.75, 3.05) is 13.7 Å². The molecule has 2 heterocycles. The number of nitrogens with one attached hydrogen (secondary N) is 1. The minimum absolute atomic E-state index is 0.237. The molecular formula is C15H22ClN3O2Si. The number of hydrogen-bond acceptors (Lipinski definition) is 3. The molecule has 0 unspecified atom stereocenters. The summed E-state index contributed by atoms with van der Waals surface area (Å²) in [6, 6.07) is 2.99. The second-order valence-electron chi connectivity index (χ2n) is 6.44. The molecule has 0 aliphatic carbocycles. The molecule has 0 saturated heterocycles. The second-order valence-corrected chi connectivity index (χ2v) is 12.4. The molecule has 2 aromatic rings. The largest absolute Gasteiger partial charge is 0.361 e. The quantitative estimate of drug-likeness (QED) is 0.648. The van der Waals surface area contributed by atoms with E-state index in [0.29, 0.717) is 17.3 Å². The molecule has 0 spiro atoms. The molecule has 2 aromatic heterocycles. The number of fused-ring (bicyclic) bond motifs is 1. The number of hydrogen-bond donors (Lipinski definition) is 1. The monoisotopic (exact) mass is 339 g/mol. The number of carbonyl (C=O) groups excluding carboxylic acids is 1. The summed E-state index contributed by atoms with van der Waals surface area (Å²) in [5, 5.41) is 3.74. The van der Waals surface area contributed by atoms with Gasteiger partial charge in [0, 0.05) is 39.5 Å². The highest BCUT2D eigenvalue weighted by molar-refractivity contribution is 6.76. The Morgan fingerprint density at radius 1 is 1.45 bits per heavy atom. The van der Waals surface area contributed by atoms with Crippen molar-refractivity contribution in [3.05, 3.63) is 29.0 Å². The number of ether oxygens (including phenoxy) is 1. The van der Waals surface area contributed by atoms with Gasteiger partial charge in [-0.25, -0.2) is 4.98 Å². The number of pyridine rings is 1. The second kappa shape index (κ2) is 6.81. The summed E-state index contributed by atoms with van der Waals surface area (Å²) in [6.07, 6.45) is 3.38. The Bertz CT molecular complexity index is 679. The molecule has 0 aliphatic rings. The van der Waals surface area contributed by atoms with Crippen LogP contribution in [-0.4, -0.2) is 37.2 Å². The zero-order valence-electron chi connectivity index (χ0n) is 13.4. The highest BCUT2D eigenvalue weighted by Crippen LogP contribution is 2.26. The third kappa shape index (κ3) is 3.88. The molecule has 0 atom stereocenters. The lowest BCUT2D eigenvalue weighted by atomic mass is 10.2. The van der Waals surface area contributed by atoms with Gasteiger partial charge in [0.1, 0.15) is 12.4 Å². The van der Waals surface area contributed by atoms with Crippen molar-refractivity contribution >= 4 is 36.6 Å². The van der Waals surface area contributed by atoms with Crippen LogP contribution in [0.15, 0.2) is 18.5 Å². The number of nitrogens with zero attached hydrogens (tertiary/aromatic N) is 2. The molecule has 0 radical (unpaired) electrons. The fraction of sp³-hybridized carbons (Fsp3) is 0.467. The van der Waals surface area contributed by atoms with Crippen molar-refractivity contribution in [3.8, 4) is 0 Å². The van der Waals surface area contributed by atoms with Gasteiger partial charge in [-0.1, -0.05) is 31.2 Å². The van der Waals surface area contributed by atoms with E-state index in [0.717, 1.165) is 23.7 Å². The topological polar surface area (TPSA) is 56.2 Å². The van der Waals surface area contributed by atoms with Crippen molar-refractivity contribution in [1.82, 2.24) is 14.9 Å². The third-order valence-electron chi connectivity index (χ3n) is 3.42. The van der Waals surface area contributed by atoms with Crippen LogP contribution in [0.5, 0.6) is 0 Å². The summed E-state index contributed by atoms with van der Waals surface area (Å²) in [4.78, 5) is 16.1. The first-order valence-electron chi connectivity index (χ1n) is 7.26. The summed E-state index contributed by atoms with van der Waals surface area (Å²) in [6.45, 7) is 8.16. The molecule has 7 heteroatoms. The van der Waals surface area contributed by atoms with Crippen LogP contribution in [0.2, 0.25) is 30.7 Å². The van der Waals surface area contributed by atoms with Gasteiger partial charge in [0.2, 0.25) is 0 Å². The molecule has 0 aromatic carbocycles. The van der Waals surface area contributed by atoms with E-state index < -0.39 is 8.07 Å². The zero-order chi connectivity index (χ0) is 16.3. The van der Waals surface area contributed by atoms with Crippen LogP contribution >= 0.6 is 11.6 Å². The number of rotatable bonds is 6. The van der Waals surface area contributed by atoms with Crippen molar-refractivity contribution in [2.24, 2.45) is 0 Å². The Balaban J connectivity index is 2.13. The Labute approximate surface area is 136 Å². The van der Waals surface area contributed by atoms with Crippen LogP contribution < -0.4 is 5.32 Å². The normalized spacial score (nSPS) is 11.9. The van der Waals surface area contributed by atoms with Gasteiger partial charge in [-0.15, -0.1) is 0 Å². The molecule has 2 rings (SSSR count). The van der Waals surface area contributed by atoms with Gasteiger partial charge in [0.15, 0.2) is 0 Å². The average Bonchev–Trinajstić information content (AvgIpc) is 2.86. The van der Waals surface area contributed by atoms with Gasteiger partial charge in [0.05, 0.1) is 10.6 Å². The molecular weight excluding hydrogens is 318 g/mol. The van der Waals surface area contributed by atoms with Crippen LogP contribution in [0.4, 0.5) is 0 Å². The summed E-state index contributed by atoms with van der Waals surface area (Å²) < 4.78 is 7.64. The van der Waals surface area contributed by atoms with Crippen molar-refractivity contribution in [3.63, 3.8) is 0 Å². The van der Waals surface area contributed by atoms with E-state index in [1.807, 2.05) is 16.8 Å². The molecule has 0 bridgehead atoms. The van der Waals surface area contributed by atoms with Gasteiger partial charge in [0.25, 0.3) is 5.91 Å². The molecule has 1 amide bonds. The summed E-state index contributed by atoms with van der Waals surface area (Å²) in [5.41, 5.74) is 1.11. The molecule has 22 heavy (non-hydrogen) atoms. The molecule has 1 N–H and O–H groups in total. The predicted molar refractivity (Wildman–Crippen MR) is 92.2 cm³/mol. The highest BCUT2D eigenvalue weighted by Gasteiger charge is 2.15. The predicted octanol–water partition coefficient (Wildman–Crippen LogP) is 3.36. The maximum atomic E-state index is 11.7. The lowest BCUT2D eigenvalue weighted by molar-refractivity contribution is 0.0899. The van der Waals surface area contributed by atoms with Crippen LogP contribution in [-0.2, 0) is 11.5 Å². The van der Waals surface area contributed by atoms with Crippen LogP contribution in [0.1, 0.15) is 10.4 Å². The SMILES string of the molecule is CNC(=O)c1cnc2c(ccn2COCC[Si](C)(C)C)c1Cl. The van der Waals surface area contributed by atoms with Gasteiger partial charge < -0.3 is 14.6 Å². The van der Waals surface area contributed by atoms with E-state index in [4.69, 9.17) is 16.3 Å². The molecule has 0 aliphatic heterocycles. The van der Waals surface area contributed by atoms with Gasteiger partial charge in [-0.05, 0) is 12.1 Å². The summed E-state index contributed by atoms with van der Waals surface area (Å²) in [7, 11) is 0.488. The van der Waals surface area contributed by atoms with Gasteiger partial charge in [-0.2, -0.15) is 0 Å². The first-order chi connectivity index (χ1) is 10.3. The Kier molecular flexibility index (Phi) is 5.26. The highest BCUT2D eigenvalue weighted by atomic mass is 35.5. The lowest BCUT2D eigenvalue weighted by Crippen LogP contribution is -2.22. The first-order valence-corrected chi connectivity index (χ1v) is 11.3. The number of carbonyl (C=O) groups is 1. The third-order valence-corrected chi connectivity index (χ3v) is 5.53. The van der Waals surface area contributed by atoms with E-state index in [1.165, 1.54) is 6.20 Å². The van der Waals surface area contributed by atoms with E-state index in [2.05, 4.69) is 29.9 Å². The lowest BCUT2D eigenvalue weighted by Gasteiger charge is -2.15. The molecule has 5 nitrogen and oxygen atoms in total. The Hall–Kier alpha value is -1.37. The van der Waals surface area contributed by atoms with E-state index in [9.17, 15) is 4.79 Å². The van der Waals surface area contributed by atoms with E-state index in [-0.39, 0.29) is 5.91 Å². The van der Waals surface area contributed by atoms with E-state index in [1.54, 1.807) is 7.05 Å². The minimum Gasteiger partial charge on any atom is -0.361 e. The fourth-order valence-corrected chi connectivity index (χ4v) is 3.08. The standard InChI is InChI=1S/C15H22ClN3O2Si/c1-17-15(20)12-9-18-14-11(13(12)16)5-6-19(14)10-21-7-8-22(2,3)4/h5-6,9H,7-8,10H2,1-4H3,(H,17,20). The van der Waals surface area contributed by atoms with Gasteiger partial charge >= 0.3 is 0 Å². The summed E-state index contributed by atoms with van der Waals surface area (Å²) in [5.74, 6) is -0.237. The first kappa shape index (κ1) is 17.0. The maximum absolute atomic E-state index is 11.7. The molecule has 120 valence electrons. The Morgan fingerprint density at radius 2 is 2.18 bits per heavy atom. The maximum Gasteiger partial charge on any atom is 0.254 e. The zero-order valence-corrected chi connectivity index (χ0v) is 15.2. The Morgan fingerprint density at radius 3 is 2.82 bits per heavy atom. The van der Waals surface area contributed by atoms with E-state index >= 15 is 0 Å². The van der Waals surface area contributed by atoms with Crippen LogP contribution in [0, 0.1) is 0 Å². The molecule has 0 saturated carbocycles. The smallest absolute Gasteiger partial charge is 0.254 e. The van der Waals surface area contributed by atoms with Crippen molar-refractivity contribution in [2.45, 2.75) is 32.4 Å². The number of amides is 1. The number of halogens is 1. The van der Waals surface area contributed by atoms with Crippen LogP contribution in [0.25, 0.3) is 11.0 Å². The van der Waals surface area contributed by atoms with Gasteiger partial charge in [-0.3, -0.25) is 4.79 Å². The minimum atomic E-state index is -1.08. The fourth-order valence-electron chi connectivity index (χ4n) is 2.05. The van der Waals surface area contributed by atoms with Crippen LogP contribution in [0.3, 0.4) is 0 Å². The van der Waals surface area contributed by atoms with Crippen molar-refractivity contribution in [1.29, 1.82) is 0 Å². The number of aromatic nitrogens is 2. The molecule has 0 fully saturated rings.